The number of aliphatic hydroxyl groups is 1. The molecule has 4 rings (SSSR count). The maximum Gasteiger partial charge on any atom is 0.200 e. The zero-order valence-electron chi connectivity index (χ0n) is 19.2. The van der Waals surface area contributed by atoms with Gasteiger partial charge in [-0.3, -0.25) is 0 Å². The molecule has 10 heteroatoms. The third-order valence-corrected chi connectivity index (χ3v) is 6.24. The number of nitriles is 1. The molecule has 0 aromatic heterocycles. The van der Waals surface area contributed by atoms with Crippen molar-refractivity contribution in [1.82, 2.24) is 10.9 Å². The molecular formula is C24H29BrN4O5. The number of nitrogens with two attached hydrogens (primary N) is 1. The summed E-state index contributed by atoms with van der Waals surface area (Å²) in [6.45, 7) is 4.16. The third kappa shape index (κ3) is 5.08. The Morgan fingerprint density at radius 1 is 1.18 bits per heavy atom. The van der Waals surface area contributed by atoms with Gasteiger partial charge in [0.2, 0.25) is 5.88 Å². The largest absolute Gasteiger partial charge is 0.503 e. The van der Waals surface area contributed by atoms with Crippen LogP contribution in [0.1, 0.15) is 36.9 Å². The molecule has 2 aliphatic rings. The second-order valence-corrected chi connectivity index (χ2v) is 8.48. The first kappa shape index (κ1) is 25.6. The van der Waals surface area contributed by atoms with Crippen LogP contribution in [-0.2, 0) is 4.74 Å². The van der Waals surface area contributed by atoms with Gasteiger partial charge in [0, 0.05) is 18.4 Å². The Bertz CT molecular complexity index is 1070. The summed E-state index contributed by atoms with van der Waals surface area (Å²) in [5.74, 6) is 0.606. The summed E-state index contributed by atoms with van der Waals surface area (Å²) < 4.78 is 17.2. The Hall–Kier alpha value is -2.97. The van der Waals surface area contributed by atoms with Crippen LogP contribution in [-0.4, -0.2) is 36.8 Å². The molecule has 2 aromatic carbocycles. The number of aromatic hydroxyl groups is 1. The standard InChI is InChI=1S/C22H23BrN4O4.C2H6O/c1-3-30-16-9-12(8-15(23)20(16)28)17-14(10-24)21(25)31-22-18(17)19(26-27-22)11-4-6-13(29-2)7-5-11;1-2-3/h4-9,17-19,22,26-28H,3,25H2,1-2H3;3H,2H2,1H3. The van der Waals surface area contributed by atoms with Crippen LogP contribution >= 0.6 is 15.9 Å². The van der Waals surface area contributed by atoms with Crippen LogP contribution in [0.4, 0.5) is 0 Å². The molecule has 1 saturated heterocycles. The van der Waals surface area contributed by atoms with E-state index in [1.54, 1.807) is 26.2 Å². The lowest BCUT2D eigenvalue weighted by Crippen LogP contribution is -2.41. The Morgan fingerprint density at radius 3 is 2.44 bits per heavy atom. The summed E-state index contributed by atoms with van der Waals surface area (Å²) in [5, 5.41) is 27.8. The molecule has 0 bridgehead atoms. The highest BCUT2D eigenvalue weighted by Crippen LogP contribution is 2.49. The number of nitrogens with one attached hydrogen (secondary N) is 2. The maximum absolute atomic E-state index is 10.4. The Morgan fingerprint density at radius 2 is 1.85 bits per heavy atom. The number of hydrogen-bond acceptors (Lipinski definition) is 9. The first-order chi connectivity index (χ1) is 16.4. The van der Waals surface area contributed by atoms with E-state index in [9.17, 15) is 10.4 Å². The number of rotatable bonds is 5. The molecule has 1 fully saturated rings. The molecule has 0 spiro atoms. The van der Waals surface area contributed by atoms with Gasteiger partial charge in [-0.2, -0.15) is 5.26 Å². The minimum atomic E-state index is -0.447. The Kier molecular flexibility index (Phi) is 8.63. The molecule has 9 nitrogen and oxygen atoms in total. The second kappa shape index (κ2) is 11.4. The highest BCUT2D eigenvalue weighted by atomic mass is 79.9. The fraction of sp³-hybridized carbons (Fsp3) is 0.375. The van der Waals surface area contributed by atoms with Crippen molar-refractivity contribution in [2.45, 2.75) is 32.0 Å². The predicted octanol–water partition coefficient (Wildman–Crippen LogP) is 3.16. The monoisotopic (exact) mass is 532 g/mol. The number of hydrazine groups is 1. The molecule has 4 atom stereocenters. The number of aliphatic hydroxyl groups excluding tert-OH is 1. The topological polar surface area (TPSA) is 142 Å². The van der Waals surface area contributed by atoms with E-state index in [1.165, 1.54) is 0 Å². The average Bonchev–Trinajstić information content (AvgIpc) is 3.25. The average molecular weight is 533 g/mol. The van der Waals surface area contributed by atoms with Crippen LogP contribution < -0.4 is 26.1 Å². The Balaban J connectivity index is 0.00000103. The van der Waals surface area contributed by atoms with E-state index < -0.39 is 12.1 Å². The van der Waals surface area contributed by atoms with Crippen molar-refractivity contribution in [3.8, 4) is 23.3 Å². The van der Waals surface area contributed by atoms with Crippen LogP contribution in [0.2, 0.25) is 0 Å². The number of methoxy groups -OCH3 is 1. The summed E-state index contributed by atoms with van der Waals surface area (Å²) in [6.07, 6.45) is -0.447. The van der Waals surface area contributed by atoms with Crippen molar-refractivity contribution >= 4 is 15.9 Å². The minimum Gasteiger partial charge on any atom is -0.503 e. The van der Waals surface area contributed by atoms with E-state index in [2.05, 4.69) is 32.9 Å². The summed E-state index contributed by atoms with van der Waals surface area (Å²) in [7, 11) is 1.62. The maximum atomic E-state index is 10.4. The summed E-state index contributed by atoms with van der Waals surface area (Å²) in [4.78, 5) is 0. The SMILES string of the molecule is CCO.CCOc1cc(C2C(C#N)=C(N)OC3NNC(c4ccc(OC)cc4)C32)cc(Br)c1O. The summed E-state index contributed by atoms with van der Waals surface area (Å²) in [5.41, 5.74) is 14.7. The lowest BCUT2D eigenvalue weighted by atomic mass is 9.74. The first-order valence-corrected chi connectivity index (χ1v) is 11.7. The lowest BCUT2D eigenvalue weighted by Gasteiger charge is -2.36. The molecule has 2 aromatic rings. The molecule has 0 saturated carbocycles. The van der Waals surface area contributed by atoms with Crippen molar-refractivity contribution in [2.24, 2.45) is 11.7 Å². The van der Waals surface area contributed by atoms with Crippen LogP contribution in [0.25, 0.3) is 0 Å². The number of halogens is 1. The van der Waals surface area contributed by atoms with Crippen LogP contribution in [0, 0.1) is 17.2 Å². The zero-order chi connectivity index (χ0) is 24.8. The first-order valence-electron chi connectivity index (χ1n) is 10.9. The van der Waals surface area contributed by atoms with Crippen molar-refractivity contribution in [3.05, 3.63) is 63.5 Å². The molecule has 2 aliphatic heterocycles. The highest BCUT2D eigenvalue weighted by Gasteiger charge is 2.49. The van der Waals surface area contributed by atoms with E-state index >= 15 is 0 Å². The molecule has 34 heavy (non-hydrogen) atoms. The van der Waals surface area contributed by atoms with Gasteiger partial charge in [-0.15, -0.1) is 0 Å². The minimum absolute atomic E-state index is 0.0130. The number of phenolic OH excluding ortho intramolecular Hbond substituents is 1. The number of allylic oxidation sites excluding steroid dienone is 1. The quantitative estimate of drug-likeness (QED) is 0.392. The van der Waals surface area contributed by atoms with Crippen LogP contribution in [0.5, 0.6) is 17.2 Å². The van der Waals surface area contributed by atoms with Crippen molar-refractivity contribution in [3.63, 3.8) is 0 Å². The third-order valence-electron chi connectivity index (χ3n) is 5.64. The van der Waals surface area contributed by atoms with Crippen LogP contribution in [0.15, 0.2) is 52.3 Å². The molecular weight excluding hydrogens is 504 g/mol. The molecule has 0 aliphatic carbocycles. The fourth-order valence-corrected chi connectivity index (χ4v) is 4.69. The zero-order valence-corrected chi connectivity index (χ0v) is 20.8. The van der Waals surface area contributed by atoms with Gasteiger partial charge in [0.05, 0.1) is 29.8 Å². The molecule has 6 N–H and O–H groups in total. The Labute approximate surface area is 207 Å². The van der Waals surface area contributed by atoms with Gasteiger partial charge >= 0.3 is 0 Å². The number of nitrogens with zero attached hydrogens (tertiary/aromatic N) is 1. The number of benzene rings is 2. The number of phenols is 1. The fourth-order valence-electron chi connectivity index (χ4n) is 4.23. The summed E-state index contributed by atoms with van der Waals surface area (Å²) in [6, 6.07) is 13.3. The van der Waals surface area contributed by atoms with Crippen LogP contribution in [0.3, 0.4) is 0 Å². The number of fused-ring (bicyclic) bond motifs is 1. The molecule has 0 amide bonds. The van der Waals surface area contributed by atoms with E-state index in [0.29, 0.717) is 22.4 Å². The smallest absolute Gasteiger partial charge is 0.200 e. The second-order valence-electron chi connectivity index (χ2n) is 7.62. The predicted molar refractivity (Wildman–Crippen MR) is 130 cm³/mol. The van der Waals surface area contributed by atoms with E-state index in [4.69, 9.17) is 25.1 Å². The van der Waals surface area contributed by atoms with Gasteiger partial charge in [-0.05, 0) is 65.2 Å². The highest BCUT2D eigenvalue weighted by molar-refractivity contribution is 9.10. The summed E-state index contributed by atoms with van der Waals surface area (Å²) >= 11 is 3.40. The van der Waals surface area contributed by atoms with Gasteiger partial charge in [-0.1, -0.05) is 12.1 Å². The van der Waals surface area contributed by atoms with Gasteiger partial charge < -0.3 is 30.2 Å². The van der Waals surface area contributed by atoms with Gasteiger partial charge in [-0.25, -0.2) is 10.9 Å². The van der Waals surface area contributed by atoms with Gasteiger partial charge in [0.25, 0.3) is 0 Å². The number of ether oxygens (including phenoxy) is 3. The molecule has 4 unspecified atom stereocenters. The molecule has 2 heterocycles. The van der Waals surface area contributed by atoms with Gasteiger partial charge in [0.1, 0.15) is 11.8 Å². The lowest BCUT2D eigenvalue weighted by molar-refractivity contribution is 0.0340. The van der Waals surface area contributed by atoms with E-state index in [1.807, 2.05) is 31.2 Å². The van der Waals surface area contributed by atoms with Crippen molar-refractivity contribution < 1.29 is 24.4 Å². The molecule has 0 radical (unpaired) electrons. The van der Waals surface area contributed by atoms with E-state index in [-0.39, 0.29) is 30.2 Å². The van der Waals surface area contributed by atoms with Crippen molar-refractivity contribution in [2.75, 3.05) is 20.3 Å². The molecule has 182 valence electrons. The number of hydrogen-bond donors (Lipinski definition) is 5. The van der Waals surface area contributed by atoms with Crippen molar-refractivity contribution in [1.29, 1.82) is 5.26 Å². The normalized spacial score (nSPS) is 23.2. The van der Waals surface area contributed by atoms with E-state index in [0.717, 1.165) is 16.9 Å². The van der Waals surface area contributed by atoms with Gasteiger partial charge in [0.15, 0.2) is 17.7 Å².